The van der Waals surface area contributed by atoms with Crippen LogP contribution in [0, 0.1) is 0 Å². The molecule has 124 valence electrons. The van der Waals surface area contributed by atoms with Crippen LogP contribution in [0.3, 0.4) is 0 Å². The van der Waals surface area contributed by atoms with Gasteiger partial charge in [-0.1, -0.05) is 60.1 Å². The van der Waals surface area contributed by atoms with Gasteiger partial charge < -0.3 is 10.1 Å². The highest BCUT2D eigenvalue weighted by Crippen LogP contribution is 2.16. The quantitative estimate of drug-likeness (QED) is 0.641. The first-order valence-electron chi connectivity index (χ1n) is 7.50. The molecular formula is C19H18ClNO3. The van der Waals surface area contributed by atoms with Gasteiger partial charge in [-0.3, -0.25) is 4.79 Å². The highest BCUT2D eigenvalue weighted by molar-refractivity contribution is 6.32. The first-order valence-corrected chi connectivity index (χ1v) is 7.87. The fourth-order valence-electron chi connectivity index (χ4n) is 2.06. The summed E-state index contributed by atoms with van der Waals surface area (Å²) in [6, 6.07) is 16.5. The summed E-state index contributed by atoms with van der Waals surface area (Å²) in [4.78, 5) is 23.5. The lowest BCUT2D eigenvalue weighted by Crippen LogP contribution is -2.30. The molecule has 0 radical (unpaired) electrons. The van der Waals surface area contributed by atoms with Crippen LogP contribution in [0.5, 0.6) is 0 Å². The molecule has 1 atom stereocenters. The first-order chi connectivity index (χ1) is 11.6. The summed E-state index contributed by atoms with van der Waals surface area (Å²) in [6.45, 7) is 1.54. The van der Waals surface area contributed by atoms with Crippen LogP contribution in [0.15, 0.2) is 60.7 Å². The molecule has 1 N–H and O–H groups in total. The Kier molecular flexibility index (Phi) is 6.58. The van der Waals surface area contributed by atoms with E-state index in [-0.39, 0.29) is 18.6 Å². The lowest BCUT2D eigenvalue weighted by Gasteiger charge is -2.13. The Labute approximate surface area is 146 Å². The van der Waals surface area contributed by atoms with Gasteiger partial charge in [-0.05, 0) is 30.2 Å². The number of carbonyl (C=O) groups excluding carboxylic acids is 2. The summed E-state index contributed by atoms with van der Waals surface area (Å²) >= 11 is 5.98. The van der Waals surface area contributed by atoms with Gasteiger partial charge in [0, 0.05) is 11.1 Å². The summed E-state index contributed by atoms with van der Waals surface area (Å²) in [7, 11) is 0. The molecule has 1 amide bonds. The minimum absolute atomic E-state index is 0.156. The molecule has 0 bridgehead atoms. The van der Waals surface area contributed by atoms with Gasteiger partial charge in [0.25, 0.3) is 5.91 Å². The SMILES string of the molecule is C[C@@H](NC(=O)COC(=O)/C=C/c1ccccc1Cl)c1ccccc1. The summed E-state index contributed by atoms with van der Waals surface area (Å²) < 4.78 is 4.92. The maximum absolute atomic E-state index is 11.8. The molecular weight excluding hydrogens is 326 g/mol. The second-order valence-electron chi connectivity index (χ2n) is 5.16. The van der Waals surface area contributed by atoms with E-state index in [1.807, 2.05) is 43.3 Å². The molecule has 0 spiro atoms. The topological polar surface area (TPSA) is 55.4 Å². The van der Waals surface area contributed by atoms with Crippen molar-refractivity contribution in [1.29, 1.82) is 0 Å². The molecule has 0 saturated carbocycles. The van der Waals surface area contributed by atoms with Gasteiger partial charge in [0.05, 0.1) is 6.04 Å². The number of ether oxygens (including phenoxy) is 1. The van der Waals surface area contributed by atoms with E-state index in [0.29, 0.717) is 10.6 Å². The van der Waals surface area contributed by atoms with Crippen LogP contribution in [0.1, 0.15) is 24.1 Å². The number of amides is 1. The molecule has 2 aromatic rings. The Morgan fingerprint density at radius 2 is 1.79 bits per heavy atom. The molecule has 0 fully saturated rings. The average Bonchev–Trinajstić information content (AvgIpc) is 2.60. The van der Waals surface area contributed by atoms with E-state index < -0.39 is 5.97 Å². The monoisotopic (exact) mass is 343 g/mol. The number of carbonyl (C=O) groups is 2. The van der Waals surface area contributed by atoms with Crippen molar-refractivity contribution in [2.75, 3.05) is 6.61 Å². The van der Waals surface area contributed by atoms with Gasteiger partial charge in [-0.25, -0.2) is 4.79 Å². The maximum Gasteiger partial charge on any atom is 0.331 e. The zero-order valence-electron chi connectivity index (χ0n) is 13.2. The third-order valence-electron chi connectivity index (χ3n) is 3.33. The smallest absolute Gasteiger partial charge is 0.331 e. The zero-order chi connectivity index (χ0) is 17.4. The number of nitrogens with one attached hydrogen (secondary N) is 1. The van der Waals surface area contributed by atoms with Crippen LogP contribution in [0.25, 0.3) is 6.08 Å². The van der Waals surface area contributed by atoms with Crippen LogP contribution >= 0.6 is 11.6 Å². The van der Waals surface area contributed by atoms with E-state index >= 15 is 0 Å². The normalized spacial score (nSPS) is 11.9. The van der Waals surface area contributed by atoms with Gasteiger partial charge in [-0.2, -0.15) is 0 Å². The van der Waals surface area contributed by atoms with Crippen molar-refractivity contribution in [1.82, 2.24) is 5.32 Å². The predicted octanol–water partition coefficient (Wildman–Crippen LogP) is 3.77. The zero-order valence-corrected chi connectivity index (χ0v) is 14.0. The van der Waals surface area contributed by atoms with E-state index in [1.165, 1.54) is 6.08 Å². The Morgan fingerprint density at radius 1 is 1.12 bits per heavy atom. The van der Waals surface area contributed by atoms with E-state index in [9.17, 15) is 9.59 Å². The number of rotatable bonds is 6. The van der Waals surface area contributed by atoms with E-state index in [4.69, 9.17) is 16.3 Å². The van der Waals surface area contributed by atoms with Gasteiger partial charge in [0.1, 0.15) is 0 Å². The van der Waals surface area contributed by atoms with E-state index in [2.05, 4.69) is 5.32 Å². The Bertz CT molecular complexity index is 728. The standard InChI is InChI=1S/C19H18ClNO3/c1-14(15-7-3-2-4-8-15)21-18(22)13-24-19(23)12-11-16-9-5-6-10-17(16)20/h2-12,14H,13H2,1H3,(H,21,22)/b12-11+/t14-/m1/s1. The molecule has 0 saturated heterocycles. The Morgan fingerprint density at radius 3 is 2.50 bits per heavy atom. The molecule has 0 aromatic heterocycles. The van der Waals surface area contributed by atoms with Gasteiger partial charge in [0.15, 0.2) is 6.61 Å². The third kappa shape index (κ3) is 5.56. The molecule has 0 aliphatic heterocycles. The molecule has 2 aromatic carbocycles. The van der Waals surface area contributed by atoms with Crippen molar-refractivity contribution < 1.29 is 14.3 Å². The molecule has 4 nitrogen and oxygen atoms in total. The minimum Gasteiger partial charge on any atom is -0.452 e. The highest BCUT2D eigenvalue weighted by atomic mass is 35.5. The minimum atomic E-state index is -0.600. The fourth-order valence-corrected chi connectivity index (χ4v) is 2.26. The summed E-state index contributed by atoms with van der Waals surface area (Å²) in [6.07, 6.45) is 2.80. The van der Waals surface area contributed by atoms with Gasteiger partial charge in [0.2, 0.25) is 0 Å². The Hall–Kier alpha value is -2.59. The van der Waals surface area contributed by atoms with Crippen molar-refractivity contribution >= 4 is 29.6 Å². The number of hydrogen-bond acceptors (Lipinski definition) is 3. The predicted molar refractivity (Wildman–Crippen MR) is 94.4 cm³/mol. The Balaban J connectivity index is 1.79. The first kappa shape index (κ1) is 17.8. The lowest BCUT2D eigenvalue weighted by molar-refractivity contribution is -0.144. The van der Waals surface area contributed by atoms with Crippen LogP contribution in [-0.2, 0) is 14.3 Å². The third-order valence-corrected chi connectivity index (χ3v) is 3.67. The van der Waals surface area contributed by atoms with Gasteiger partial charge in [-0.15, -0.1) is 0 Å². The van der Waals surface area contributed by atoms with Crippen molar-refractivity contribution in [2.45, 2.75) is 13.0 Å². The van der Waals surface area contributed by atoms with Crippen LogP contribution in [-0.4, -0.2) is 18.5 Å². The molecule has 0 aliphatic rings. The maximum atomic E-state index is 11.8. The number of esters is 1. The largest absolute Gasteiger partial charge is 0.452 e. The van der Waals surface area contributed by atoms with Crippen LogP contribution < -0.4 is 5.32 Å². The van der Waals surface area contributed by atoms with Crippen molar-refractivity contribution in [3.63, 3.8) is 0 Å². The molecule has 5 heteroatoms. The van der Waals surface area contributed by atoms with Crippen LogP contribution in [0.2, 0.25) is 5.02 Å². The molecule has 24 heavy (non-hydrogen) atoms. The summed E-state index contributed by atoms with van der Waals surface area (Å²) in [5.41, 5.74) is 1.69. The molecule has 0 heterocycles. The number of benzene rings is 2. The molecule has 0 aliphatic carbocycles. The van der Waals surface area contributed by atoms with E-state index in [1.54, 1.807) is 24.3 Å². The van der Waals surface area contributed by atoms with Crippen molar-refractivity contribution in [2.24, 2.45) is 0 Å². The van der Waals surface area contributed by atoms with Gasteiger partial charge >= 0.3 is 5.97 Å². The average molecular weight is 344 g/mol. The lowest BCUT2D eigenvalue weighted by atomic mass is 10.1. The highest BCUT2D eigenvalue weighted by Gasteiger charge is 2.10. The number of halogens is 1. The van der Waals surface area contributed by atoms with E-state index in [0.717, 1.165) is 5.56 Å². The number of hydrogen-bond donors (Lipinski definition) is 1. The van der Waals surface area contributed by atoms with Crippen molar-refractivity contribution in [3.05, 3.63) is 76.8 Å². The summed E-state index contributed by atoms with van der Waals surface area (Å²) in [5.74, 6) is -0.955. The molecule has 0 unspecified atom stereocenters. The second kappa shape index (κ2) is 8.89. The second-order valence-corrected chi connectivity index (χ2v) is 5.57. The summed E-state index contributed by atoms with van der Waals surface area (Å²) in [5, 5.41) is 3.31. The van der Waals surface area contributed by atoms with Crippen molar-refractivity contribution in [3.8, 4) is 0 Å². The fraction of sp³-hybridized carbons (Fsp3) is 0.158. The van der Waals surface area contributed by atoms with Crippen LogP contribution in [0.4, 0.5) is 0 Å². The molecule has 2 rings (SSSR count).